The average Bonchev–Trinajstić information content (AvgIpc) is 1.99. The van der Waals surface area contributed by atoms with Crippen molar-refractivity contribution < 1.29 is 0 Å². The third-order valence-electron chi connectivity index (χ3n) is 3.41. The van der Waals surface area contributed by atoms with Crippen LogP contribution in [0.25, 0.3) is 0 Å². The molecule has 0 amide bonds. The Labute approximate surface area is 97.2 Å². The second kappa shape index (κ2) is 5.34. The minimum absolute atomic E-state index is 0.301. The summed E-state index contributed by atoms with van der Waals surface area (Å²) < 4.78 is 0. The van der Waals surface area contributed by atoms with Crippen LogP contribution in [0.15, 0.2) is 0 Å². The maximum atomic E-state index is 2.61. The molecule has 0 aliphatic rings. The predicted molar refractivity (Wildman–Crippen MR) is 70.2 cm³/mol. The van der Waals surface area contributed by atoms with Gasteiger partial charge in [0.2, 0.25) is 0 Å². The van der Waals surface area contributed by atoms with Gasteiger partial charge >= 0.3 is 0 Å². The molecule has 0 aromatic carbocycles. The van der Waals surface area contributed by atoms with E-state index in [-0.39, 0.29) is 0 Å². The topological polar surface area (TPSA) is 3.24 Å². The summed E-state index contributed by atoms with van der Waals surface area (Å²) in [6, 6.07) is 0. The molecule has 0 rings (SSSR count). The second-order valence-electron chi connectivity index (χ2n) is 6.88. The molecule has 0 N–H and O–H groups in total. The van der Waals surface area contributed by atoms with Crippen molar-refractivity contribution in [2.24, 2.45) is 11.3 Å². The molecular formula is C14H31N. The second-order valence-corrected chi connectivity index (χ2v) is 6.88. The van der Waals surface area contributed by atoms with Crippen LogP contribution in [0.3, 0.4) is 0 Å². The van der Waals surface area contributed by atoms with Crippen molar-refractivity contribution in [3.63, 3.8) is 0 Å². The minimum atomic E-state index is 0.301. The number of rotatable bonds is 4. The SMILES string of the molecule is CCCN(CC(C)C(C)(C)C)C(C)(C)C. The quantitative estimate of drug-likeness (QED) is 0.677. The average molecular weight is 213 g/mol. The van der Waals surface area contributed by atoms with Crippen molar-refractivity contribution in [3.8, 4) is 0 Å². The summed E-state index contributed by atoms with van der Waals surface area (Å²) in [5.74, 6) is 0.739. The first-order chi connectivity index (χ1) is 6.59. The number of nitrogens with zero attached hydrogens (tertiary/aromatic N) is 1. The van der Waals surface area contributed by atoms with E-state index in [1.807, 2.05) is 0 Å². The maximum Gasteiger partial charge on any atom is 0.0125 e. The fraction of sp³-hybridized carbons (Fsp3) is 1.00. The van der Waals surface area contributed by atoms with Gasteiger partial charge in [0.25, 0.3) is 0 Å². The lowest BCUT2D eigenvalue weighted by Crippen LogP contribution is -2.46. The highest BCUT2D eigenvalue weighted by Gasteiger charge is 2.27. The highest BCUT2D eigenvalue weighted by atomic mass is 15.2. The molecular weight excluding hydrogens is 182 g/mol. The van der Waals surface area contributed by atoms with Gasteiger partial charge in [0.15, 0.2) is 0 Å². The molecule has 0 fully saturated rings. The van der Waals surface area contributed by atoms with Crippen LogP contribution in [-0.2, 0) is 0 Å². The highest BCUT2D eigenvalue weighted by Crippen LogP contribution is 2.28. The van der Waals surface area contributed by atoms with E-state index in [2.05, 4.69) is 60.3 Å². The zero-order valence-electron chi connectivity index (χ0n) is 12.1. The van der Waals surface area contributed by atoms with Crippen LogP contribution < -0.4 is 0 Å². The van der Waals surface area contributed by atoms with Gasteiger partial charge in [-0.3, -0.25) is 4.90 Å². The summed E-state index contributed by atoms with van der Waals surface area (Å²) in [6.45, 7) is 21.0. The van der Waals surface area contributed by atoms with Crippen LogP contribution in [-0.4, -0.2) is 23.5 Å². The van der Waals surface area contributed by atoms with Crippen molar-refractivity contribution in [2.75, 3.05) is 13.1 Å². The van der Waals surface area contributed by atoms with Gasteiger partial charge in [0, 0.05) is 12.1 Å². The summed E-state index contributed by atoms with van der Waals surface area (Å²) >= 11 is 0. The van der Waals surface area contributed by atoms with Gasteiger partial charge < -0.3 is 0 Å². The first kappa shape index (κ1) is 15.0. The van der Waals surface area contributed by atoms with Crippen LogP contribution in [0.5, 0.6) is 0 Å². The van der Waals surface area contributed by atoms with E-state index in [9.17, 15) is 0 Å². The summed E-state index contributed by atoms with van der Waals surface area (Å²) in [7, 11) is 0. The van der Waals surface area contributed by atoms with E-state index < -0.39 is 0 Å². The molecule has 0 aromatic rings. The minimum Gasteiger partial charge on any atom is -0.298 e. The standard InChI is InChI=1S/C14H31N/c1-9-10-15(14(6,7)8)11-12(2)13(3,4)5/h12H,9-11H2,1-8H3. The Bertz CT molecular complexity index is 171. The van der Waals surface area contributed by atoms with E-state index in [4.69, 9.17) is 0 Å². The summed E-state index contributed by atoms with van der Waals surface area (Å²) in [5, 5.41) is 0. The molecule has 1 unspecified atom stereocenters. The molecule has 0 saturated heterocycles. The van der Waals surface area contributed by atoms with Gasteiger partial charge in [-0.1, -0.05) is 34.6 Å². The molecule has 0 spiro atoms. The van der Waals surface area contributed by atoms with E-state index >= 15 is 0 Å². The molecule has 1 nitrogen and oxygen atoms in total. The molecule has 92 valence electrons. The zero-order chi connectivity index (χ0) is 12.3. The van der Waals surface area contributed by atoms with E-state index in [0.29, 0.717) is 11.0 Å². The summed E-state index contributed by atoms with van der Waals surface area (Å²) in [6.07, 6.45) is 1.24. The van der Waals surface area contributed by atoms with Crippen molar-refractivity contribution in [3.05, 3.63) is 0 Å². The number of hydrogen-bond acceptors (Lipinski definition) is 1. The van der Waals surface area contributed by atoms with Crippen LogP contribution in [0.4, 0.5) is 0 Å². The molecule has 0 saturated carbocycles. The fourth-order valence-electron chi connectivity index (χ4n) is 1.57. The lowest BCUT2D eigenvalue weighted by molar-refractivity contribution is 0.0841. The Hall–Kier alpha value is -0.0400. The molecule has 0 bridgehead atoms. The van der Waals surface area contributed by atoms with Crippen molar-refractivity contribution >= 4 is 0 Å². The molecule has 0 aromatic heterocycles. The number of hydrogen-bond donors (Lipinski definition) is 0. The lowest BCUT2D eigenvalue weighted by Gasteiger charge is -2.40. The van der Waals surface area contributed by atoms with E-state index in [0.717, 1.165) is 5.92 Å². The Kier molecular flexibility index (Phi) is 5.32. The van der Waals surface area contributed by atoms with Gasteiger partial charge in [-0.15, -0.1) is 0 Å². The molecule has 15 heavy (non-hydrogen) atoms. The Morgan fingerprint density at radius 3 is 1.73 bits per heavy atom. The van der Waals surface area contributed by atoms with Crippen molar-refractivity contribution in [1.82, 2.24) is 4.90 Å². The van der Waals surface area contributed by atoms with Crippen LogP contribution in [0.1, 0.15) is 61.8 Å². The van der Waals surface area contributed by atoms with E-state index in [1.54, 1.807) is 0 Å². The molecule has 0 aliphatic carbocycles. The van der Waals surface area contributed by atoms with Gasteiger partial charge in [-0.25, -0.2) is 0 Å². The fourth-order valence-corrected chi connectivity index (χ4v) is 1.57. The third-order valence-corrected chi connectivity index (χ3v) is 3.41. The molecule has 0 heterocycles. The Morgan fingerprint density at radius 1 is 1.00 bits per heavy atom. The largest absolute Gasteiger partial charge is 0.298 e. The first-order valence-corrected chi connectivity index (χ1v) is 6.34. The maximum absolute atomic E-state index is 2.61. The third kappa shape index (κ3) is 5.55. The van der Waals surface area contributed by atoms with Gasteiger partial charge in [0.1, 0.15) is 0 Å². The Balaban J connectivity index is 4.43. The normalized spacial score (nSPS) is 15.8. The lowest BCUT2D eigenvalue weighted by atomic mass is 9.81. The monoisotopic (exact) mass is 213 g/mol. The molecule has 1 atom stereocenters. The summed E-state index contributed by atoms with van der Waals surface area (Å²) in [4.78, 5) is 2.61. The molecule has 0 aliphatic heterocycles. The van der Waals surface area contributed by atoms with Crippen LogP contribution >= 0.6 is 0 Å². The van der Waals surface area contributed by atoms with E-state index in [1.165, 1.54) is 19.5 Å². The predicted octanol–water partition coefficient (Wildman–Crippen LogP) is 4.18. The zero-order valence-corrected chi connectivity index (χ0v) is 12.1. The highest BCUT2D eigenvalue weighted by molar-refractivity contribution is 4.81. The smallest absolute Gasteiger partial charge is 0.0125 e. The van der Waals surface area contributed by atoms with Crippen molar-refractivity contribution in [1.29, 1.82) is 0 Å². The molecule has 0 radical (unpaired) electrons. The first-order valence-electron chi connectivity index (χ1n) is 6.34. The van der Waals surface area contributed by atoms with Gasteiger partial charge in [-0.2, -0.15) is 0 Å². The van der Waals surface area contributed by atoms with Gasteiger partial charge in [0.05, 0.1) is 0 Å². The van der Waals surface area contributed by atoms with Crippen LogP contribution in [0.2, 0.25) is 0 Å². The Morgan fingerprint density at radius 2 is 1.47 bits per heavy atom. The van der Waals surface area contributed by atoms with Gasteiger partial charge in [-0.05, 0) is 45.1 Å². The van der Waals surface area contributed by atoms with Crippen molar-refractivity contribution in [2.45, 2.75) is 67.3 Å². The molecule has 1 heteroatoms. The van der Waals surface area contributed by atoms with Crippen LogP contribution in [0, 0.1) is 11.3 Å². The summed E-state index contributed by atoms with van der Waals surface area (Å²) in [5.41, 5.74) is 0.715.